The van der Waals surface area contributed by atoms with Crippen LogP contribution < -0.4 is 0 Å². The zero-order valence-electron chi connectivity index (χ0n) is 38.3. The Bertz CT molecular complexity index is 856. The van der Waals surface area contributed by atoms with Crippen molar-refractivity contribution in [2.45, 2.75) is 278 Å². The third kappa shape index (κ3) is 42.0. The average molecular weight is 793 g/mol. The van der Waals surface area contributed by atoms with Crippen LogP contribution in [-0.2, 0) is 28.6 Å². The van der Waals surface area contributed by atoms with Crippen LogP contribution in [-0.4, -0.2) is 37.2 Å². The molecule has 0 radical (unpaired) electrons. The molecule has 0 spiro atoms. The molecule has 56 heavy (non-hydrogen) atoms. The predicted molar refractivity (Wildman–Crippen MR) is 238 cm³/mol. The molecule has 6 nitrogen and oxygen atoms in total. The maximum absolute atomic E-state index is 12.8. The van der Waals surface area contributed by atoms with Gasteiger partial charge < -0.3 is 14.2 Å². The van der Waals surface area contributed by atoms with Gasteiger partial charge in [0.05, 0.1) is 0 Å². The Morgan fingerprint density at radius 2 is 0.679 bits per heavy atom. The molecule has 0 aliphatic heterocycles. The second-order valence-electron chi connectivity index (χ2n) is 17.8. The summed E-state index contributed by atoms with van der Waals surface area (Å²) in [4.78, 5) is 37.8. The fourth-order valence-electron chi connectivity index (χ4n) is 7.43. The van der Waals surface area contributed by atoms with E-state index in [1.54, 1.807) is 0 Å². The van der Waals surface area contributed by atoms with Crippen LogP contribution in [0.5, 0.6) is 0 Å². The molecule has 0 aliphatic carbocycles. The van der Waals surface area contributed by atoms with Crippen molar-refractivity contribution in [3.8, 4) is 0 Å². The van der Waals surface area contributed by atoms with Gasteiger partial charge in [-0.15, -0.1) is 0 Å². The highest BCUT2D eigenvalue weighted by atomic mass is 16.6. The first-order valence-electron chi connectivity index (χ1n) is 24.8. The first-order chi connectivity index (χ1) is 27.3. The third-order valence-corrected chi connectivity index (χ3v) is 11.6. The van der Waals surface area contributed by atoms with Crippen LogP contribution in [0.15, 0.2) is 0 Å². The van der Waals surface area contributed by atoms with Crippen molar-refractivity contribution >= 4 is 17.9 Å². The summed E-state index contributed by atoms with van der Waals surface area (Å²) < 4.78 is 16.8. The molecule has 0 saturated heterocycles. The smallest absolute Gasteiger partial charge is 0.306 e. The molecule has 1 unspecified atom stereocenters. The topological polar surface area (TPSA) is 78.9 Å². The molecule has 332 valence electrons. The number of ether oxygens (including phenoxy) is 3. The van der Waals surface area contributed by atoms with Gasteiger partial charge in [-0.3, -0.25) is 14.4 Å². The summed E-state index contributed by atoms with van der Waals surface area (Å²) in [5.74, 6) is 0.803. The van der Waals surface area contributed by atoms with Crippen LogP contribution in [0.1, 0.15) is 272 Å². The minimum absolute atomic E-state index is 0.0647. The predicted octanol–water partition coefficient (Wildman–Crippen LogP) is 15.8. The minimum Gasteiger partial charge on any atom is -0.462 e. The Labute approximate surface area is 348 Å². The van der Waals surface area contributed by atoms with E-state index in [-0.39, 0.29) is 31.1 Å². The van der Waals surface area contributed by atoms with E-state index in [1.165, 1.54) is 161 Å². The zero-order chi connectivity index (χ0) is 41.2. The van der Waals surface area contributed by atoms with Gasteiger partial charge in [0.2, 0.25) is 0 Å². The summed E-state index contributed by atoms with van der Waals surface area (Å²) in [6, 6.07) is 0. The highest BCUT2D eigenvalue weighted by Gasteiger charge is 2.19. The molecule has 2 atom stereocenters. The van der Waals surface area contributed by atoms with Crippen molar-refractivity contribution in [2.75, 3.05) is 13.2 Å². The Hall–Kier alpha value is -1.59. The van der Waals surface area contributed by atoms with Gasteiger partial charge in [-0.05, 0) is 31.1 Å². The van der Waals surface area contributed by atoms with Gasteiger partial charge in [0.1, 0.15) is 13.2 Å². The highest BCUT2D eigenvalue weighted by Crippen LogP contribution is 2.17. The lowest BCUT2D eigenvalue weighted by atomic mass is 9.99. The summed E-state index contributed by atoms with van der Waals surface area (Å²) in [6.45, 7) is 11.3. The molecule has 0 amide bonds. The molecule has 0 aliphatic rings. The Balaban J connectivity index is 4.34. The normalized spacial score (nSPS) is 12.5. The van der Waals surface area contributed by atoms with Crippen LogP contribution in [0, 0.1) is 11.8 Å². The van der Waals surface area contributed by atoms with E-state index >= 15 is 0 Å². The first kappa shape index (κ1) is 54.4. The molecule has 0 aromatic carbocycles. The minimum atomic E-state index is -0.761. The second kappa shape index (κ2) is 43.0. The van der Waals surface area contributed by atoms with Crippen molar-refractivity contribution < 1.29 is 28.6 Å². The quantitative estimate of drug-likeness (QED) is 0.0347. The van der Waals surface area contributed by atoms with Gasteiger partial charge in [-0.25, -0.2) is 0 Å². The number of unbranched alkanes of at least 4 members (excludes halogenated alkanes) is 28. The summed E-state index contributed by atoms with van der Waals surface area (Å²) in [6.07, 6.45) is 42.2. The van der Waals surface area contributed by atoms with Crippen LogP contribution >= 0.6 is 0 Å². The fourth-order valence-corrected chi connectivity index (χ4v) is 7.43. The van der Waals surface area contributed by atoms with Crippen LogP contribution in [0.3, 0.4) is 0 Å². The van der Waals surface area contributed by atoms with E-state index in [4.69, 9.17) is 14.2 Å². The van der Waals surface area contributed by atoms with Gasteiger partial charge >= 0.3 is 17.9 Å². The van der Waals surface area contributed by atoms with Gasteiger partial charge in [-0.2, -0.15) is 0 Å². The summed E-state index contributed by atoms with van der Waals surface area (Å²) >= 11 is 0. The third-order valence-electron chi connectivity index (χ3n) is 11.6. The first-order valence-corrected chi connectivity index (χ1v) is 24.8. The number of rotatable bonds is 44. The number of carbonyl (C=O) groups is 3. The van der Waals surface area contributed by atoms with E-state index in [9.17, 15) is 14.4 Å². The molecular weight excluding hydrogens is 697 g/mol. The van der Waals surface area contributed by atoms with Gasteiger partial charge in [0, 0.05) is 19.3 Å². The van der Waals surface area contributed by atoms with E-state index in [0.29, 0.717) is 19.3 Å². The number of esters is 3. The van der Waals surface area contributed by atoms with Gasteiger partial charge in [0.25, 0.3) is 0 Å². The lowest BCUT2D eigenvalue weighted by Crippen LogP contribution is -2.30. The molecule has 0 bridgehead atoms. The maximum atomic E-state index is 12.8. The molecule has 0 saturated carbocycles. The molecule has 0 aromatic rings. The lowest BCUT2D eigenvalue weighted by Gasteiger charge is -2.18. The van der Waals surface area contributed by atoms with E-state index < -0.39 is 6.10 Å². The summed E-state index contributed by atoms with van der Waals surface area (Å²) in [7, 11) is 0. The standard InChI is InChI=1S/C50H96O6/c1-6-8-9-10-11-12-13-14-15-16-19-27-32-37-42-50(53)56-47(43-54-48(51)40-35-30-25-20-17-18-23-28-33-38-45(3)4)44-55-49(52)41-36-31-26-22-21-24-29-34-39-46(5)7-2/h45-47H,6-44H2,1-5H3/t46?,47-/m0/s1. The van der Waals surface area contributed by atoms with Crippen molar-refractivity contribution in [1.29, 1.82) is 0 Å². The molecule has 0 aromatic heterocycles. The van der Waals surface area contributed by atoms with Gasteiger partial charge in [-0.1, -0.05) is 234 Å². The average Bonchev–Trinajstić information content (AvgIpc) is 3.18. The largest absolute Gasteiger partial charge is 0.462 e. The van der Waals surface area contributed by atoms with E-state index in [1.807, 2.05) is 0 Å². The molecule has 0 heterocycles. The van der Waals surface area contributed by atoms with E-state index in [2.05, 4.69) is 34.6 Å². The Morgan fingerprint density at radius 1 is 0.375 bits per heavy atom. The molecule has 0 rings (SSSR count). The second-order valence-corrected chi connectivity index (χ2v) is 17.8. The lowest BCUT2D eigenvalue weighted by molar-refractivity contribution is -0.167. The SMILES string of the molecule is CCCCCCCCCCCCCCCCC(=O)O[C@@H](COC(=O)CCCCCCCCCCCC(C)C)COC(=O)CCCCCCCCCCC(C)CC. The van der Waals surface area contributed by atoms with Crippen LogP contribution in [0.25, 0.3) is 0 Å². The zero-order valence-corrected chi connectivity index (χ0v) is 38.3. The number of hydrogen-bond acceptors (Lipinski definition) is 6. The van der Waals surface area contributed by atoms with E-state index in [0.717, 1.165) is 69.6 Å². The molecule has 0 N–H and O–H groups in total. The monoisotopic (exact) mass is 793 g/mol. The van der Waals surface area contributed by atoms with Crippen LogP contribution in [0.4, 0.5) is 0 Å². The van der Waals surface area contributed by atoms with Crippen molar-refractivity contribution in [2.24, 2.45) is 11.8 Å². The summed E-state index contributed by atoms with van der Waals surface area (Å²) in [5, 5.41) is 0. The number of hydrogen-bond donors (Lipinski definition) is 0. The summed E-state index contributed by atoms with van der Waals surface area (Å²) in [5.41, 5.74) is 0. The van der Waals surface area contributed by atoms with Crippen molar-refractivity contribution in [3.05, 3.63) is 0 Å². The Morgan fingerprint density at radius 3 is 1.02 bits per heavy atom. The van der Waals surface area contributed by atoms with Crippen LogP contribution in [0.2, 0.25) is 0 Å². The Kier molecular flexibility index (Phi) is 41.8. The maximum Gasteiger partial charge on any atom is 0.306 e. The fraction of sp³-hybridized carbons (Fsp3) is 0.940. The molecule has 0 fully saturated rings. The number of carbonyl (C=O) groups excluding carboxylic acids is 3. The molecular formula is C50H96O6. The van der Waals surface area contributed by atoms with Crippen molar-refractivity contribution in [1.82, 2.24) is 0 Å². The molecule has 6 heteroatoms. The van der Waals surface area contributed by atoms with Gasteiger partial charge in [0.15, 0.2) is 6.10 Å². The highest BCUT2D eigenvalue weighted by molar-refractivity contribution is 5.71. The van der Waals surface area contributed by atoms with Crippen molar-refractivity contribution in [3.63, 3.8) is 0 Å².